The van der Waals surface area contributed by atoms with Crippen molar-refractivity contribution in [1.82, 2.24) is 19.9 Å². The van der Waals surface area contributed by atoms with E-state index in [0.29, 0.717) is 25.1 Å². The van der Waals surface area contributed by atoms with Gasteiger partial charge in [0.2, 0.25) is 27.7 Å². The normalized spacial score (nSPS) is 29.0. The van der Waals surface area contributed by atoms with E-state index in [1.165, 1.54) is 0 Å². The quantitative estimate of drug-likeness (QED) is 0.309. The molecule has 11 nitrogen and oxygen atoms in total. The number of para-hydroxylation sites is 2. The van der Waals surface area contributed by atoms with Gasteiger partial charge in [0.05, 0.1) is 16.8 Å². The zero-order valence-corrected chi connectivity index (χ0v) is 28.5. The van der Waals surface area contributed by atoms with Crippen LogP contribution in [0.5, 0.6) is 5.88 Å². The Hall–Kier alpha value is -4.45. The summed E-state index contributed by atoms with van der Waals surface area (Å²) in [6.45, 7) is 1.76. The van der Waals surface area contributed by atoms with Crippen molar-refractivity contribution in [1.29, 1.82) is 0 Å². The van der Waals surface area contributed by atoms with Gasteiger partial charge in [-0.2, -0.15) is 0 Å². The molecule has 2 aromatic carbocycles. The first-order valence-electron chi connectivity index (χ1n) is 17.3. The van der Waals surface area contributed by atoms with Crippen LogP contribution in [0.15, 0.2) is 78.9 Å². The average molecular weight is 686 g/mol. The van der Waals surface area contributed by atoms with Crippen LogP contribution in [0.1, 0.15) is 64.7 Å². The molecule has 2 aliphatic carbocycles. The summed E-state index contributed by atoms with van der Waals surface area (Å²) < 4.78 is 33.8. The summed E-state index contributed by atoms with van der Waals surface area (Å²) in [5, 5.41) is 7.31. The number of amides is 3. The molecule has 0 bridgehead atoms. The number of sulfonamides is 1. The molecule has 3 aromatic rings. The third kappa shape index (κ3) is 6.88. The van der Waals surface area contributed by atoms with Gasteiger partial charge < -0.3 is 20.3 Å². The summed E-state index contributed by atoms with van der Waals surface area (Å²) in [6, 6.07) is 19.4. The van der Waals surface area contributed by atoms with E-state index in [2.05, 4.69) is 20.3 Å². The highest BCUT2D eigenvalue weighted by molar-refractivity contribution is 7.91. The van der Waals surface area contributed by atoms with Crippen molar-refractivity contribution in [3.05, 3.63) is 78.9 Å². The molecule has 3 heterocycles. The number of carbonyl (C=O) groups is 3. The number of ether oxygens (including phenoxy) is 1. The number of nitrogens with one attached hydrogen (secondary N) is 3. The molecule has 0 unspecified atom stereocenters. The first-order valence-corrected chi connectivity index (χ1v) is 18.8. The second kappa shape index (κ2) is 13.1. The number of benzene rings is 2. The molecule has 2 aliphatic heterocycles. The van der Waals surface area contributed by atoms with Gasteiger partial charge in [0.25, 0.3) is 5.91 Å². The van der Waals surface area contributed by atoms with Crippen LogP contribution in [0.4, 0.5) is 5.69 Å². The van der Waals surface area contributed by atoms with E-state index in [0.717, 1.165) is 42.3 Å². The topological polar surface area (TPSA) is 147 Å². The van der Waals surface area contributed by atoms with Crippen LogP contribution in [0.25, 0.3) is 10.9 Å². The molecule has 3 amide bonds. The van der Waals surface area contributed by atoms with E-state index in [-0.39, 0.29) is 31.2 Å². The van der Waals surface area contributed by atoms with Crippen LogP contribution < -0.4 is 20.1 Å². The average Bonchev–Trinajstić information content (AvgIpc) is 3.97. The molecule has 0 radical (unpaired) electrons. The summed E-state index contributed by atoms with van der Waals surface area (Å²) in [5.74, 6) is -1.46. The van der Waals surface area contributed by atoms with E-state index < -0.39 is 50.3 Å². The summed E-state index contributed by atoms with van der Waals surface area (Å²) in [6.07, 6.45) is 8.74. The standard InChI is InChI=1S/C37H43N5O6S/c1-36(20-21-36)49(46,47)41-35(45)37-23-26(37)13-6-3-2-4-9-17-30(38-27-14-7-5-8-15-27)34(44)42-24-28(22-31(42)33(43)40-37)48-32-19-18-25-12-10-11-16-29(25)39-32/h5-8,10-16,18-19,26,28,30-31,38H,2-4,9,17,20-24H2,1H3,(H,40,43)(H,41,45)/b13-6-/t26-,28+,30-,31-,37+/m0/s1. The van der Waals surface area contributed by atoms with Crippen molar-refractivity contribution in [2.45, 2.75) is 93.2 Å². The number of fused-ring (bicyclic) bond motifs is 3. The number of allylic oxidation sites excluding steroid dienone is 1. The minimum Gasteiger partial charge on any atom is -0.472 e. The molecule has 0 spiro atoms. The van der Waals surface area contributed by atoms with Crippen LogP contribution in [0.3, 0.4) is 0 Å². The van der Waals surface area contributed by atoms with Crippen molar-refractivity contribution in [3.8, 4) is 5.88 Å². The summed E-state index contributed by atoms with van der Waals surface area (Å²) in [7, 11) is -3.93. The number of carbonyl (C=O) groups excluding carboxylic acids is 3. The van der Waals surface area contributed by atoms with Crippen LogP contribution >= 0.6 is 0 Å². The maximum atomic E-state index is 14.4. The van der Waals surface area contributed by atoms with E-state index in [1.54, 1.807) is 17.9 Å². The molecular formula is C37H43N5O6S. The number of pyridine rings is 1. The lowest BCUT2D eigenvalue weighted by molar-refractivity contribution is -0.140. The Morgan fingerprint density at radius 2 is 1.78 bits per heavy atom. The molecule has 12 heteroatoms. The molecule has 3 fully saturated rings. The van der Waals surface area contributed by atoms with Crippen molar-refractivity contribution in [3.63, 3.8) is 0 Å². The second-order valence-corrected chi connectivity index (χ2v) is 16.3. The maximum Gasteiger partial charge on any atom is 0.259 e. The molecule has 1 saturated heterocycles. The van der Waals surface area contributed by atoms with Gasteiger partial charge in [-0.05, 0) is 69.7 Å². The van der Waals surface area contributed by atoms with Crippen molar-refractivity contribution in [2.75, 3.05) is 11.9 Å². The zero-order chi connectivity index (χ0) is 34.2. The zero-order valence-electron chi connectivity index (χ0n) is 27.6. The molecule has 3 N–H and O–H groups in total. The molecule has 258 valence electrons. The predicted octanol–water partition coefficient (Wildman–Crippen LogP) is 4.46. The Balaban J connectivity index is 1.18. The Morgan fingerprint density at radius 1 is 1.00 bits per heavy atom. The van der Waals surface area contributed by atoms with Gasteiger partial charge in [0, 0.05) is 29.5 Å². The fraction of sp³-hybridized carbons (Fsp3) is 0.459. The van der Waals surface area contributed by atoms with Crippen LogP contribution in [-0.2, 0) is 24.4 Å². The molecule has 4 aliphatic rings. The smallest absolute Gasteiger partial charge is 0.259 e. The number of hydrogen-bond acceptors (Lipinski definition) is 8. The number of hydrogen-bond donors (Lipinski definition) is 3. The fourth-order valence-corrected chi connectivity index (χ4v) is 8.28. The van der Waals surface area contributed by atoms with Gasteiger partial charge in [-0.3, -0.25) is 19.1 Å². The molecule has 49 heavy (non-hydrogen) atoms. The van der Waals surface area contributed by atoms with Gasteiger partial charge in [-0.25, -0.2) is 13.4 Å². The third-order valence-electron chi connectivity index (χ3n) is 10.4. The Bertz CT molecular complexity index is 1880. The molecule has 2 saturated carbocycles. The van der Waals surface area contributed by atoms with E-state index in [9.17, 15) is 22.8 Å². The largest absolute Gasteiger partial charge is 0.472 e. The highest BCUT2D eigenvalue weighted by Gasteiger charge is 2.63. The van der Waals surface area contributed by atoms with Crippen molar-refractivity contribution >= 4 is 44.3 Å². The molecule has 5 atom stereocenters. The third-order valence-corrected chi connectivity index (χ3v) is 12.6. The second-order valence-electron chi connectivity index (χ2n) is 14.1. The Labute approximate surface area is 286 Å². The van der Waals surface area contributed by atoms with Gasteiger partial charge in [0.1, 0.15) is 23.7 Å². The number of anilines is 1. The molecule has 7 rings (SSSR count). The number of rotatable bonds is 7. The van der Waals surface area contributed by atoms with E-state index in [4.69, 9.17) is 4.74 Å². The van der Waals surface area contributed by atoms with Gasteiger partial charge in [-0.15, -0.1) is 0 Å². The lowest BCUT2D eigenvalue weighted by Gasteiger charge is -2.30. The minimum absolute atomic E-state index is 0.146. The number of aromatic nitrogens is 1. The molecule has 1 aromatic heterocycles. The lowest BCUT2D eigenvalue weighted by atomic mass is 10.0. The monoisotopic (exact) mass is 685 g/mol. The number of nitrogens with zero attached hydrogens (tertiary/aromatic N) is 2. The Kier molecular flexibility index (Phi) is 8.85. The highest BCUT2D eigenvalue weighted by atomic mass is 32.2. The van der Waals surface area contributed by atoms with Gasteiger partial charge in [-0.1, -0.05) is 61.4 Å². The van der Waals surface area contributed by atoms with Crippen LogP contribution in [0, 0.1) is 5.92 Å². The summed E-state index contributed by atoms with van der Waals surface area (Å²) in [4.78, 5) is 48.7. The lowest BCUT2D eigenvalue weighted by Crippen LogP contribution is -2.58. The van der Waals surface area contributed by atoms with Gasteiger partial charge >= 0.3 is 0 Å². The Morgan fingerprint density at radius 3 is 2.57 bits per heavy atom. The summed E-state index contributed by atoms with van der Waals surface area (Å²) >= 11 is 0. The first-order chi connectivity index (χ1) is 23.6. The van der Waals surface area contributed by atoms with Gasteiger partial charge in [0.15, 0.2) is 0 Å². The molecular weight excluding hydrogens is 643 g/mol. The SMILES string of the molecule is CC1(S(=O)(=O)NC(=O)[C@@]23C[C@@H]2/C=C\CCCCC[C@H](Nc2ccccc2)C(=O)N2C[C@H](Oc4ccc5ccccc5n4)C[C@H]2C(=O)N3)CC1. The fourth-order valence-electron chi connectivity index (χ4n) is 6.97. The van der Waals surface area contributed by atoms with Crippen LogP contribution in [0.2, 0.25) is 0 Å². The minimum atomic E-state index is -3.93. The predicted molar refractivity (Wildman–Crippen MR) is 186 cm³/mol. The van der Waals surface area contributed by atoms with Crippen LogP contribution in [-0.4, -0.2) is 71.0 Å². The van der Waals surface area contributed by atoms with E-state index >= 15 is 0 Å². The van der Waals surface area contributed by atoms with E-state index in [1.807, 2.05) is 72.8 Å². The highest BCUT2D eigenvalue weighted by Crippen LogP contribution is 2.47. The summed E-state index contributed by atoms with van der Waals surface area (Å²) in [5.41, 5.74) is 0.142. The first kappa shape index (κ1) is 33.1. The maximum absolute atomic E-state index is 14.4. The van der Waals surface area contributed by atoms with Crippen molar-refractivity contribution in [2.24, 2.45) is 5.92 Å². The van der Waals surface area contributed by atoms with Crippen molar-refractivity contribution < 1.29 is 27.5 Å².